The molecule has 2 rings (SSSR count). The summed E-state index contributed by atoms with van der Waals surface area (Å²) in [6.07, 6.45) is 0. The Bertz CT molecular complexity index is 465. The minimum absolute atomic E-state index is 0.860. The zero-order valence-electron chi connectivity index (χ0n) is 9.88. The Morgan fingerprint density at radius 2 is 2.35 bits per heavy atom. The predicted molar refractivity (Wildman–Crippen MR) is 70.3 cm³/mol. The van der Waals surface area contributed by atoms with Crippen molar-refractivity contribution in [2.45, 2.75) is 18.6 Å². The minimum atomic E-state index is 0.860. The Labute approximate surface area is 109 Å². The first-order valence-electron chi connectivity index (χ1n) is 5.37. The maximum Gasteiger partial charge on any atom is 0.209 e. The number of tetrazole rings is 1. The molecule has 2 aromatic rings. The third kappa shape index (κ3) is 3.79. The largest absolute Gasteiger partial charge is 0.311 e. The van der Waals surface area contributed by atoms with E-state index in [1.54, 1.807) is 16.4 Å². The SMILES string of the molecule is Cc1ccc(CNCCSc2nnnn2C)s1. The second-order valence-electron chi connectivity index (χ2n) is 3.62. The number of thiophene rings is 1. The standard InChI is InChI=1S/C10H15N5S2/c1-8-3-4-9(17-8)7-11-5-6-16-10-12-13-14-15(10)2/h3-4,11H,5-7H2,1-2H3. The zero-order valence-corrected chi connectivity index (χ0v) is 11.5. The fourth-order valence-corrected chi connectivity index (χ4v) is 2.96. The first kappa shape index (κ1) is 12.5. The third-order valence-electron chi connectivity index (χ3n) is 2.19. The van der Waals surface area contributed by atoms with Gasteiger partial charge in [0.25, 0.3) is 0 Å². The summed E-state index contributed by atoms with van der Waals surface area (Å²) in [6, 6.07) is 4.33. The van der Waals surface area contributed by atoms with Crippen LogP contribution in [0.15, 0.2) is 17.3 Å². The van der Waals surface area contributed by atoms with Crippen LogP contribution in [0.2, 0.25) is 0 Å². The Balaban J connectivity index is 1.62. The molecule has 0 radical (unpaired) electrons. The van der Waals surface area contributed by atoms with E-state index < -0.39 is 0 Å². The predicted octanol–water partition coefficient (Wildman–Crippen LogP) is 1.46. The lowest BCUT2D eigenvalue weighted by molar-refractivity contribution is 0.663. The van der Waals surface area contributed by atoms with E-state index in [0.717, 1.165) is 24.0 Å². The number of thioether (sulfide) groups is 1. The van der Waals surface area contributed by atoms with Gasteiger partial charge in [-0.2, -0.15) is 0 Å². The highest BCUT2D eigenvalue weighted by Crippen LogP contribution is 2.14. The summed E-state index contributed by atoms with van der Waals surface area (Å²) < 4.78 is 1.69. The van der Waals surface area contributed by atoms with Crippen molar-refractivity contribution < 1.29 is 0 Å². The topological polar surface area (TPSA) is 55.6 Å². The van der Waals surface area contributed by atoms with Crippen molar-refractivity contribution in [1.29, 1.82) is 0 Å². The molecule has 0 aromatic carbocycles. The van der Waals surface area contributed by atoms with Crippen LogP contribution < -0.4 is 5.32 Å². The second kappa shape index (κ2) is 6.13. The molecular weight excluding hydrogens is 254 g/mol. The van der Waals surface area contributed by atoms with Crippen LogP contribution in [-0.4, -0.2) is 32.5 Å². The first-order chi connectivity index (χ1) is 8.25. The van der Waals surface area contributed by atoms with E-state index in [2.05, 4.69) is 39.9 Å². The first-order valence-corrected chi connectivity index (χ1v) is 7.17. The average Bonchev–Trinajstić information content (AvgIpc) is 2.88. The number of nitrogens with one attached hydrogen (secondary N) is 1. The van der Waals surface area contributed by atoms with Gasteiger partial charge >= 0.3 is 0 Å². The maximum atomic E-state index is 3.91. The summed E-state index contributed by atoms with van der Waals surface area (Å²) in [6.45, 7) is 4.02. The van der Waals surface area contributed by atoms with Crippen LogP contribution in [0.25, 0.3) is 0 Å². The molecular formula is C10H15N5S2. The molecule has 5 nitrogen and oxygen atoms in total. The van der Waals surface area contributed by atoms with Gasteiger partial charge in [0.05, 0.1) is 0 Å². The molecule has 0 aliphatic heterocycles. The lowest BCUT2D eigenvalue weighted by atomic mass is 10.4. The maximum absolute atomic E-state index is 3.91. The fraction of sp³-hybridized carbons (Fsp3) is 0.500. The van der Waals surface area contributed by atoms with Crippen molar-refractivity contribution in [3.63, 3.8) is 0 Å². The van der Waals surface area contributed by atoms with Crippen molar-refractivity contribution in [2.24, 2.45) is 7.05 Å². The summed E-state index contributed by atoms with van der Waals surface area (Å²) in [5.41, 5.74) is 0. The Morgan fingerprint density at radius 1 is 1.47 bits per heavy atom. The summed E-state index contributed by atoms with van der Waals surface area (Å²) in [7, 11) is 1.85. The number of hydrogen-bond acceptors (Lipinski definition) is 6. The summed E-state index contributed by atoms with van der Waals surface area (Å²) in [5.74, 6) is 0.971. The highest BCUT2D eigenvalue weighted by Gasteiger charge is 2.01. The molecule has 2 heterocycles. The van der Waals surface area contributed by atoms with Gasteiger partial charge in [-0.05, 0) is 29.5 Å². The van der Waals surface area contributed by atoms with Crippen LogP contribution in [0.3, 0.4) is 0 Å². The van der Waals surface area contributed by atoms with Gasteiger partial charge in [-0.3, -0.25) is 0 Å². The van der Waals surface area contributed by atoms with Crippen LogP contribution >= 0.6 is 23.1 Å². The molecule has 0 bridgehead atoms. The van der Waals surface area contributed by atoms with E-state index >= 15 is 0 Å². The Hall–Kier alpha value is -0.920. The van der Waals surface area contributed by atoms with Crippen molar-refractivity contribution in [1.82, 2.24) is 25.5 Å². The van der Waals surface area contributed by atoms with E-state index in [1.807, 2.05) is 18.4 Å². The van der Waals surface area contributed by atoms with E-state index in [4.69, 9.17) is 0 Å². The highest BCUT2D eigenvalue weighted by molar-refractivity contribution is 7.99. The number of aryl methyl sites for hydroxylation is 2. The van der Waals surface area contributed by atoms with Gasteiger partial charge in [0.1, 0.15) is 0 Å². The highest BCUT2D eigenvalue weighted by atomic mass is 32.2. The smallest absolute Gasteiger partial charge is 0.209 e. The second-order valence-corrected chi connectivity index (χ2v) is 6.06. The molecule has 7 heteroatoms. The molecule has 0 atom stereocenters. The van der Waals surface area contributed by atoms with Gasteiger partial charge < -0.3 is 5.32 Å². The molecule has 17 heavy (non-hydrogen) atoms. The molecule has 0 aliphatic rings. The molecule has 2 aromatic heterocycles. The summed E-state index contributed by atoms with van der Waals surface area (Å²) >= 11 is 3.50. The van der Waals surface area contributed by atoms with E-state index in [0.29, 0.717) is 0 Å². The minimum Gasteiger partial charge on any atom is -0.311 e. The summed E-state index contributed by atoms with van der Waals surface area (Å²) in [4.78, 5) is 2.74. The van der Waals surface area contributed by atoms with Gasteiger partial charge in [0.15, 0.2) is 0 Å². The van der Waals surface area contributed by atoms with Gasteiger partial charge in [0.2, 0.25) is 5.16 Å². The third-order valence-corrected chi connectivity index (χ3v) is 4.20. The van der Waals surface area contributed by atoms with Gasteiger partial charge in [-0.15, -0.1) is 16.4 Å². The van der Waals surface area contributed by atoms with Crippen LogP contribution in [0.4, 0.5) is 0 Å². The molecule has 0 unspecified atom stereocenters. The molecule has 0 saturated heterocycles. The van der Waals surface area contributed by atoms with E-state index in [1.165, 1.54) is 9.75 Å². The Kier molecular flexibility index (Phi) is 4.52. The van der Waals surface area contributed by atoms with Crippen LogP contribution in [0.5, 0.6) is 0 Å². The van der Waals surface area contributed by atoms with Gasteiger partial charge in [-0.1, -0.05) is 11.8 Å². The van der Waals surface area contributed by atoms with Crippen molar-refractivity contribution in [2.75, 3.05) is 12.3 Å². The molecule has 0 saturated carbocycles. The zero-order chi connectivity index (χ0) is 12.1. The molecule has 92 valence electrons. The molecule has 0 aliphatic carbocycles. The lowest BCUT2D eigenvalue weighted by Gasteiger charge is -2.02. The number of rotatable bonds is 6. The van der Waals surface area contributed by atoms with Crippen LogP contribution in [0.1, 0.15) is 9.75 Å². The van der Waals surface area contributed by atoms with Crippen molar-refractivity contribution in [3.05, 3.63) is 21.9 Å². The number of aromatic nitrogens is 4. The fourth-order valence-electron chi connectivity index (χ4n) is 1.35. The van der Waals surface area contributed by atoms with Gasteiger partial charge in [0, 0.05) is 35.6 Å². The average molecular weight is 269 g/mol. The molecule has 0 fully saturated rings. The lowest BCUT2D eigenvalue weighted by Crippen LogP contribution is -2.16. The number of nitrogens with zero attached hydrogens (tertiary/aromatic N) is 4. The molecule has 0 spiro atoms. The quantitative estimate of drug-likeness (QED) is 0.635. The van der Waals surface area contributed by atoms with Crippen LogP contribution in [0, 0.1) is 6.92 Å². The van der Waals surface area contributed by atoms with Gasteiger partial charge in [-0.25, -0.2) is 4.68 Å². The van der Waals surface area contributed by atoms with E-state index in [9.17, 15) is 0 Å². The molecule has 1 N–H and O–H groups in total. The van der Waals surface area contributed by atoms with Crippen molar-refractivity contribution >= 4 is 23.1 Å². The van der Waals surface area contributed by atoms with Crippen molar-refractivity contribution in [3.8, 4) is 0 Å². The molecule has 0 amide bonds. The summed E-state index contributed by atoms with van der Waals surface area (Å²) in [5, 5.41) is 15.6. The van der Waals surface area contributed by atoms with E-state index in [-0.39, 0.29) is 0 Å². The normalized spacial score (nSPS) is 10.9. The number of hydrogen-bond donors (Lipinski definition) is 1. The van der Waals surface area contributed by atoms with Crippen LogP contribution in [-0.2, 0) is 13.6 Å². The monoisotopic (exact) mass is 269 g/mol. The Morgan fingerprint density at radius 3 is 3.00 bits per heavy atom.